The van der Waals surface area contributed by atoms with Gasteiger partial charge in [0.15, 0.2) is 5.69 Å². The van der Waals surface area contributed by atoms with Gasteiger partial charge in [-0.25, -0.2) is 4.98 Å². The Hall–Kier alpha value is -3.04. The highest BCUT2D eigenvalue weighted by molar-refractivity contribution is 5.80. The normalized spacial score (nSPS) is 14.7. The number of nitrogens with zero attached hydrogens (tertiary/aromatic N) is 5. The van der Waals surface area contributed by atoms with E-state index in [1.807, 2.05) is 30.3 Å². The van der Waals surface area contributed by atoms with Gasteiger partial charge in [-0.05, 0) is 12.1 Å². The van der Waals surface area contributed by atoms with E-state index in [2.05, 4.69) is 20.2 Å². The SMILES string of the molecule is CN(C)c1cc(C(F)(F)F)nc(NCC(=O)N2CCN(c3ccccc3)CC2)n1. The third-order valence-electron chi connectivity index (χ3n) is 4.61. The molecule has 0 bridgehead atoms. The molecule has 1 aromatic carbocycles. The van der Waals surface area contributed by atoms with Crippen LogP contribution in [0.4, 0.5) is 30.6 Å². The first-order valence-electron chi connectivity index (χ1n) is 9.19. The molecule has 0 spiro atoms. The lowest BCUT2D eigenvalue weighted by atomic mass is 10.2. The standard InChI is InChI=1S/C19H23F3N6O/c1-26(2)16-12-15(19(20,21)22)24-18(25-16)23-13-17(29)28-10-8-27(9-11-28)14-6-4-3-5-7-14/h3-7,12H,8-11,13H2,1-2H3,(H,23,24,25). The maximum absolute atomic E-state index is 13.1. The molecule has 1 saturated heterocycles. The molecule has 0 saturated carbocycles. The van der Waals surface area contributed by atoms with Crippen molar-refractivity contribution in [2.45, 2.75) is 6.18 Å². The second kappa shape index (κ2) is 8.54. The first-order valence-corrected chi connectivity index (χ1v) is 9.19. The summed E-state index contributed by atoms with van der Waals surface area (Å²) in [6.07, 6.45) is -4.60. The Morgan fingerprint density at radius 3 is 2.34 bits per heavy atom. The summed E-state index contributed by atoms with van der Waals surface area (Å²) in [4.78, 5) is 25.3. The van der Waals surface area contributed by atoms with Gasteiger partial charge in [0.2, 0.25) is 11.9 Å². The zero-order valence-corrected chi connectivity index (χ0v) is 16.3. The number of nitrogens with one attached hydrogen (secondary N) is 1. The number of hydrogen-bond donors (Lipinski definition) is 1. The van der Waals surface area contributed by atoms with Crippen molar-refractivity contribution in [3.8, 4) is 0 Å². The van der Waals surface area contributed by atoms with E-state index in [1.165, 1.54) is 4.90 Å². The molecule has 0 unspecified atom stereocenters. The van der Waals surface area contributed by atoms with Crippen molar-refractivity contribution < 1.29 is 18.0 Å². The van der Waals surface area contributed by atoms with Crippen LogP contribution < -0.4 is 15.1 Å². The van der Waals surface area contributed by atoms with Gasteiger partial charge in [0, 0.05) is 52.0 Å². The second-order valence-corrected chi connectivity index (χ2v) is 6.88. The number of halogens is 3. The summed E-state index contributed by atoms with van der Waals surface area (Å²) < 4.78 is 39.2. The molecular formula is C19H23F3N6O. The van der Waals surface area contributed by atoms with Crippen LogP contribution in [0.25, 0.3) is 0 Å². The lowest BCUT2D eigenvalue weighted by Gasteiger charge is -2.36. The zero-order chi connectivity index (χ0) is 21.0. The van der Waals surface area contributed by atoms with E-state index in [0.29, 0.717) is 26.2 Å². The first kappa shape index (κ1) is 20.7. The molecule has 2 heterocycles. The monoisotopic (exact) mass is 408 g/mol. The van der Waals surface area contributed by atoms with Gasteiger partial charge in [-0.1, -0.05) is 18.2 Å². The van der Waals surface area contributed by atoms with Crippen LogP contribution in [0.3, 0.4) is 0 Å². The quantitative estimate of drug-likeness (QED) is 0.819. The molecule has 10 heteroatoms. The molecule has 2 aromatic rings. The van der Waals surface area contributed by atoms with Gasteiger partial charge in [0.25, 0.3) is 0 Å². The predicted molar refractivity (Wildman–Crippen MR) is 105 cm³/mol. The summed E-state index contributed by atoms with van der Waals surface area (Å²) in [5, 5.41) is 2.64. The Bertz CT molecular complexity index is 836. The maximum Gasteiger partial charge on any atom is 0.433 e. The molecule has 1 fully saturated rings. The number of para-hydroxylation sites is 1. The molecule has 0 atom stereocenters. The summed E-state index contributed by atoms with van der Waals surface area (Å²) in [6.45, 7) is 2.31. The lowest BCUT2D eigenvalue weighted by Crippen LogP contribution is -2.50. The van der Waals surface area contributed by atoms with E-state index >= 15 is 0 Å². The highest BCUT2D eigenvalue weighted by atomic mass is 19.4. The highest BCUT2D eigenvalue weighted by Gasteiger charge is 2.34. The Labute approximate surface area is 167 Å². The van der Waals surface area contributed by atoms with Gasteiger partial charge in [0.05, 0.1) is 6.54 Å². The van der Waals surface area contributed by atoms with Gasteiger partial charge < -0.3 is 20.0 Å². The van der Waals surface area contributed by atoms with Crippen molar-refractivity contribution in [1.82, 2.24) is 14.9 Å². The summed E-state index contributed by atoms with van der Waals surface area (Å²) in [5.41, 5.74) is 0.0499. The maximum atomic E-state index is 13.1. The minimum atomic E-state index is -4.60. The average molecular weight is 408 g/mol. The van der Waals surface area contributed by atoms with Crippen LogP contribution in [0.1, 0.15) is 5.69 Å². The van der Waals surface area contributed by atoms with E-state index in [1.54, 1.807) is 19.0 Å². The van der Waals surface area contributed by atoms with Gasteiger partial charge >= 0.3 is 6.18 Å². The number of carbonyl (C=O) groups is 1. The molecule has 3 rings (SSSR count). The Kier molecular flexibility index (Phi) is 6.09. The van der Waals surface area contributed by atoms with Gasteiger partial charge in [-0.2, -0.15) is 18.2 Å². The Morgan fingerprint density at radius 1 is 1.10 bits per heavy atom. The predicted octanol–water partition coefficient (Wildman–Crippen LogP) is 2.32. The number of aromatic nitrogens is 2. The van der Waals surface area contributed by atoms with Gasteiger partial charge in [0.1, 0.15) is 5.82 Å². The molecule has 0 radical (unpaired) electrons. The van der Waals surface area contributed by atoms with Crippen molar-refractivity contribution >= 4 is 23.4 Å². The molecule has 7 nitrogen and oxygen atoms in total. The van der Waals surface area contributed by atoms with Gasteiger partial charge in [-0.3, -0.25) is 4.79 Å². The van der Waals surface area contributed by atoms with Crippen LogP contribution in [-0.4, -0.2) is 67.6 Å². The molecule has 156 valence electrons. The number of anilines is 3. The number of hydrogen-bond acceptors (Lipinski definition) is 6. The number of carbonyl (C=O) groups excluding carboxylic acids is 1. The van der Waals surface area contributed by atoms with Crippen LogP contribution in [0.2, 0.25) is 0 Å². The smallest absolute Gasteiger partial charge is 0.368 e. The molecular weight excluding hydrogens is 385 g/mol. The zero-order valence-electron chi connectivity index (χ0n) is 16.3. The minimum Gasteiger partial charge on any atom is -0.368 e. The van der Waals surface area contributed by atoms with Crippen molar-refractivity contribution in [3.63, 3.8) is 0 Å². The van der Waals surface area contributed by atoms with E-state index < -0.39 is 11.9 Å². The number of alkyl halides is 3. The third-order valence-corrected chi connectivity index (χ3v) is 4.61. The summed E-state index contributed by atoms with van der Waals surface area (Å²) in [6, 6.07) is 10.8. The average Bonchev–Trinajstić information content (AvgIpc) is 2.72. The van der Waals surface area contributed by atoms with Crippen LogP contribution in [0.5, 0.6) is 0 Å². The van der Waals surface area contributed by atoms with Crippen LogP contribution >= 0.6 is 0 Å². The van der Waals surface area contributed by atoms with E-state index in [4.69, 9.17) is 0 Å². The van der Waals surface area contributed by atoms with Crippen molar-refractivity contribution in [2.24, 2.45) is 0 Å². The number of benzene rings is 1. The second-order valence-electron chi connectivity index (χ2n) is 6.88. The highest BCUT2D eigenvalue weighted by Crippen LogP contribution is 2.30. The summed E-state index contributed by atoms with van der Waals surface area (Å²) in [5.74, 6) is -0.316. The summed E-state index contributed by atoms with van der Waals surface area (Å²) in [7, 11) is 3.17. The first-order chi connectivity index (χ1) is 13.7. The molecule has 1 amide bonds. The Morgan fingerprint density at radius 2 is 1.76 bits per heavy atom. The fourth-order valence-electron chi connectivity index (χ4n) is 3.01. The van der Waals surface area contributed by atoms with Crippen LogP contribution in [0, 0.1) is 0 Å². The minimum absolute atomic E-state index is 0.110. The summed E-state index contributed by atoms with van der Waals surface area (Å²) >= 11 is 0. The largest absolute Gasteiger partial charge is 0.433 e. The molecule has 1 aliphatic rings. The molecule has 29 heavy (non-hydrogen) atoms. The van der Waals surface area contributed by atoms with E-state index in [-0.39, 0.29) is 24.2 Å². The molecule has 1 N–H and O–H groups in total. The third kappa shape index (κ3) is 5.27. The van der Waals surface area contributed by atoms with Crippen molar-refractivity contribution in [2.75, 3.05) is 61.9 Å². The fraction of sp³-hybridized carbons (Fsp3) is 0.421. The van der Waals surface area contributed by atoms with Gasteiger partial charge in [-0.15, -0.1) is 0 Å². The Balaban J connectivity index is 1.59. The van der Waals surface area contributed by atoms with Crippen LogP contribution in [-0.2, 0) is 11.0 Å². The molecule has 1 aliphatic heterocycles. The van der Waals surface area contributed by atoms with Crippen molar-refractivity contribution in [3.05, 3.63) is 42.1 Å². The molecule has 0 aliphatic carbocycles. The lowest BCUT2D eigenvalue weighted by molar-refractivity contribution is -0.141. The molecule has 1 aromatic heterocycles. The van der Waals surface area contributed by atoms with E-state index in [0.717, 1.165) is 11.8 Å². The number of rotatable bonds is 5. The van der Waals surface area contributed by atoms with Crippen molar-refractivity contribution in [1.29, 1.82) is 0 Å². The van der Waals surface area contributed by atoms with Crippen LogP contribution in [0.15, 0.2) is 36.4 Å². The number of amides is 1. The topological polar surface area (TPSA) is 64.6 Å². The van der Waals surface area contributed by atoms with E-state index in [9.17, 15) is 18.0 Å². The number of piperazine rings is 1. The fourth-order valence-corrected chi connectivity index (χ4v) is 3.01.